The van der Waals surface area contributed by atoms with E-state index >= 15 is 0 Å². The van der Waals surface area contributed by atoms with E-state index in [4.69, 9.17) is 12.2 Å². The van der Waals surface area contributed by atoms with Gasteiger partial charge in [-0.2, -0.15) is 0 Å². The van der Waals surface area contributed by atoms with Gasteiger partial charge >= 0.3 is 11.9 Å². The topological polar surface area (TPSA) is 57.5 Å². The van der Waals surface area contributed by atoms with Crippen LogP contribution >= 0.6 is 23.6 Å². The van der Waals surface area contributed by atoms with Crippen LogP contribution in [0.2, 0.25) is 0 Å². The van der Waals surface area contributed by atoms with Crippen molar-refractivity contribution in [3.63, 3.8) is 0 Å². The van der Waals surface area contributed by atoms with E-state index < -0.39 is 11.9 Å². The second-order valence-corrected chi connectivity index (χ2v) is 4.23. The van der Waals surface area contributed by atoms with E-state index in [2.05, 4.69) is 9.47 Å². The number of hydrogen-bond acceptors (Lipinski definition) is 6. The number of esters is 2. The van der Waals surface area contributed by atoms with Gasteiger partial charge in [-0.05, 0) is 12.2 Å². The van der Waals surface area contributed by atoms with Crippen LogP contribution in [0, 0.1) is 3.95 Å². The Bertz CT molecular complexity index is 460. The lowest BCUT2D eigenvalue weighted by Gasteiger charge is -2.02. The lowest BCUT2D eigenvalue weighted by atomic mass is 10.3. The van der Waals surface area contributed by atoms with Crippen LogP contribution in [0.25, 0.3) is 0 Å². The number of thiazole rings is 1. The molecule has 0 N–H and O–H groups in total. The van der Waals surface area contributed by atoms with Gasteiger partial charge in [0.2, 0.25) is 0 Å². The molecular formula is C8H9NO4S2. The summed E-state index contributed by atoms with van der Waals surface area (Å²) in [5.74, 6) is -1.20. The number of rotatable bonds is 2. The minimum absolute atomic E-state index is 0.124. The van der Waals surface area contributed by atoms with Crippen LogP contribution in [0.15, 0.2) is 0 Å². The number of aromatic nitrogens is 1. The molecule has 0 atom stereocenters. The summed E-state index contributed by atoms with van der Waals surface area (Å²) >= 11 is 5.98. The van der Waals surface area contributed by atoms with Crippen molar-refractivity contribution in [3.8, 4) is 0 Å². The third kappa shape index (κ3) is 2.07. The SMILES string of the molecule is COC(=O)c1sc(=S)n(C)c1C(=O)OC. The first-order valence-electron chi connectivity index (χ1n) is 3.89. The summed E-state index contributed by atoms with van der Waals surface area (Å²) in [6.07, 6.45) is 0. The summed E-state index contributed by atoms with van der Waals surface area (Å²) in [5, 5.41) is 0. The minimum Gasteiger partial charge on any atom is -0.465 e. The highest BCUT2D eigenvalue weighted by molar-refractivity contribution is 7.73. The molecule has 0 aliphatic rings. The van der Waals surface area contributed by atoms with Crippen molar-refractivity contribution in [2.45, 2.75) is 0 Å². The molecular weight excluding hydrogens is 238 g/mol. The number of carbonyl (C=O) groups excluding carboxylic acids is 2. The summed E-state index contributed by atoms with van der Waals surface area (Å²) in [6, 6.07) is 0. The van der Waals surface area contributed by atoms with Gasteiger partial charge in [-0.15, -0.1) is 0 Å². The van der Waals surface area contributed by atoms with Crippen molar-refractivity contribution < 1.29 is 19.1 Å². The zero-order valence-corrected chi connectivity index (χ0v) is 10.0. The lowest BCUT2D eigenvalue weighted by molar-refractivity contribution is 0.0551. The average Bonchev–Trinajstić information content (AvgIpc) is 2.53. The van der Waals surface area contributed by atoms with Gasteiger partial charge in [0.15, 0.2) is 9.65 Å². The second-order valence-electron chi connectivity index (χ2n) is 2.59. The van der Waals surface area contributed by atoms with Crippen molar-refractivity contribution in [3.05, 3.63) is 14.5 Å². The Morgan fingerprint density at radius 3 is 2.27 bits per heavy atom. The molecule has 1 aromatic rings. The van der Waals surface area contributed by atoms with E-state index in [1.54, 1.807) is 7.05 Å². The minimum atomic E-state index is -0.606. The van der Waals surface area contributed by atoms with Gasteiger partial charge in [0.1, 0.15) is 4.88 Å². The fourth-order valence-electron chi connectivity index (χ4n) is 1.01. The van der Waals surface area contributed by atoms with Gasteiger partial charge in [0, 0.05) is 7.05 Å². The maximum absolute atomic E-state index is 11.4. The van der Waals surface area contributed by atoms with Gasteiger partial charge in [0.05, 0.1) is 14.2 Å². The normalized spacial score (nSPS) is 9.80. The number of nitrogens with zero attached hydrogens (tertiary/aromatic N) is 1. The molecule has 0 spiro atoms. The Labute approximate surface area is 95.2 Å². The van der Waals surface area contributed by atoms with Gasteiger partial charge in [0.25, 0.3) is 0 Å². The highest BCUT2D eigenvalue weighted by atomic mass is 32.1. The lowest BCUT2D eigenvalue weighted by Crippen LogP contribution is -2.13. The van der Waals surface area contributed by atoms with E-state index in [0.29, 0.717) is 3.95 Å². The molecule has 82 valence electrons. The molecule has 0 unspecified atom stereocenters. The third-order valence-corrected chi connectivity index (χ3v) is 3.30. The van der Waals surface area contributed by atoms with Crippen LogP contribution in [0.1, 0.15) is 20.2 Å². The zero-order chi connectivity index (χ0) is 11.6. The molecule has 0 fully saturated rings. The summed E-state index contributed by atoms with van der Waals surface area (Å²) in [6.45, 7) is 0. The molecule has 7 heteroatoms. The average molecular weight is 247 g/mol. The summed E-state index contributed by atoms with van der Waals surface area (Å²) in [4.78, 5) is 22.9. The molecule has 0 aromatic carbocycles. The van der Waals surface area contributed by atoms with Crippen LogP contribution in [-0.4, -0.2) is 30.7 Å². The number of hydrogen-bond donors (Lipinski definition) is 0. The van der Waals surface area contributed by atoms with E-state index in [-0.39, 0.29) is 10.6 Å². The number of ether oxygens (including phenoxy) is 2. The Balaban J connectivity index is 3.40. The predicted molar refractivity (Wildman–Crippen MR) is 56.8 cm³/mol. The molecule has 0 aliphatic heterocycles. The fourth-order valence-corrected chi connectivity index (χ4v) is 2.23. The Hall–Kier alpha value is -1.21. The quantitative estimate of drug-likeness (QED) is 0.584. The third-order valence-electron chi connectivity index (χ3n) is 1.76. The summed E-state index contributed by atoms with van der Waals surface area (Å²) in [7, 11) is 4.08. The van der Waals surface area contributed by atoms with Gasteiger partial charge in [-0.3, -0.25) is 0 Å². The first kappa shape index (κ1) is 11.9. The Kier molecular flexibility index (Phi) is 3.59. The second kappa shape index (κ2) is 4.54. The molecule has 0 radical (unpaired) electrons. The van der Waals surface area contributed by atoms with Crippen molar-refractivity contribution in [2.24, 2.45) is 7.05 Å². The maximum Gasteiger partial charge on any atom is 0.356 e. The predicted octanol–water partition coefficient (Wildman–Crippen LogP) is 1.39. The highest BCUT2D eigenvalue weighted by Gasteiger charge is 2.24. The van der Waals surface area contributed by atoms with Crippen LogP contribution in [-0.2, 0) is 16.5 Å². The smallest absolute Gasteiger partial charge is 0.356 e. The van der Waals surface area contributed by atoms with Gasteiger partial charge < -0.3 is 14.0 Å². The molecule has 0 saturated carbocycles. The highest BCUT2D eigenvalue weighted by Crippen LogP contribution is 2.20. The number of carbonyl (C=O) groups is 2. The standard InChI is InChI=1S/C8H9NO4S2/c1-9-4(6(10)12-2)5(7(11)13-3)15-8(9)14/h1-3H3. The van der Waals surface area contributed by atoms with Gasteiger partial charge in [-0.1, -0.05) is 11.3 Å². The van der Waals surface area contributed by atoms with Crippen molar-refractivity contribution in [1.82, 2.24) is 4.57 Å². The molecule has 5 nitrogen and oxygen atoms in total. The van der Waals surface area contributed by atoms with E-state index in [9.17, 15) is 9.59 Å². The van der Waals surface area contributed by atoms with Crippen molar-refractivity contribution >= 4 is 35.5 Å². The molecule has 0 bridgehead atoms. The maximum atomic E-state index is 11.4. The first-order valence-corrected chi connectivity index (χ1v) is 5.11. The molecule has 1 aromatic heterocycles. The van der Waals surface area contributed by atoms with Gasteiger partial charge in [-0.25, -0.2) is 9.59 Å². The van der Waals surface area contributed by atoms with Crippen molar-refractivity contribution in [2.75, 3.05) is 14.2 Å². The molecule has 15 heavy (non-hydrogen) atoms. The Morgan fingerprint density at radius 1 is 1.27 bits per heavy atom. The molecule has 0 aliphatic carbocycles. The number of methoxy groups -OCH3 is 2. The molecule has 0 amide bonds. The largest absolute Gasteiger partial charge is 0.465 e. The Morgan fingerprint density at radius 2 is 1.80 bits per heavy atom. The fraction of sp³-hybridized carbons (Fsp3) is 0.375. The van der Waals surface area contributed by atoms with Crippen LogP contribution < -0.4 is 0 Å². The van der Waals surface area contributed by atoms with Crippen LogP contribution in [0.5, 0.6) is 0 Å². The molecule has 1 heterocycles. The molecule has 1 rings (SSSR count). The first-order chi connectivity index (χ1) is 7.02. The van der Waals surface area contributed by atoms with E-state index in [1.165, 1.54) is 18.8 Å². The van der Waals surface area contributed by atoms with Crippen molar-refractivity contribution in [1.29, 1.82) is 0 Å². The summed E-state index contributed by atoms with van der Waals surface area (Å²) in [5.41, 5.74) is 0.124. The molecule has 0 saturated heterocycles. The zero-order valence-electron chi connectivity index (χ0n) is 8.40. The summed E-state index contributed by atoms with van der Waals surface area (Å²) < 4.78 is 10.9. The van der Waals surface area contributed by atoms with E-state index in [1.807, 2.05) is 0 Å². The van der Waals surface area contributed by atoms with E-state index in [0.717, 1.165) is 11.3 Å². The van der Waals surface area contributed by atoms with Crippen LogP contribution in [0.3, 0.4) is 0 Å². The van der Waals surface area contributed by atoms with Crippen LogP contribution in [0.4, 0.5) is 0 Å². The monoisotopic (exact) mass is 247 g/mol.